The maximum atomic E-state index is 4.48. The summed E-state index contributed by atoms with van der Waals surface area (Å²) in [7, 11) is 0. The topological polar surface area (TPSA) is 41.1 Å². The Bertz CT molecular complexity index is 352. The van der Waals surface area contributed by atoms with Crippen LogP contribution in [0, 0.1) is 0 Å². The minimum absolute atomic E-state index is 0.961. The Hall–Kier alpha value is -1.32. The van der Waals surface area contributed by atoms with Gasteiger partial charge in [-0.05, 0) is 26.2 Å². The zero-order valence-electron chi connectivity index (χ0n) is 12.2. The summed E-state index contributed by atoms with van der Waals surface area (Å²) >= 11 is 0. The molecule has 1 heterocycles. The second-order valence-corrected chi connectivity index (χ2v) is 4.38. The molecule has 1 N–H and O–H groups in total. The van der Waals surface area contributed by atoms with Gasteiger partial charge in [-0.15, -0.1) is 0 Å². The summed E-state index contributed by atoms with van der Waals surface area (Å²) in [5.41, 5.74) is 1.24. The van der Waals surface area contributed by atoms with Crippen LogP contribution in [0.3, 0.4) is 0 Å². The van der Waals surface area contributed by atoms with Crippen LogP contribution in [-0.4, -0.2) is 29.6 Å². The fourth-order valence-corrected chi connectivity index (χ4v) is 2.08. The molecule has 1 aromatic rings. The maximum absolute atomic E-state index is 4.48. The standard InChI is InChI=1S/C14H26N4/c1-5-9-15-13-12(7-3)14(17-11-16-13)18(8-4)10-6-2/h11H,5-10H2,1-4H3,(H,15,16,17). The summed E-state index contributed by atoms with van der Waals surface area (Å²) in [6.07, 6.45) is 4.88. The first kappa shape index (κ1) is 14.7. The van der Waals surface area contributed by atoms with E-state index >= 15 is 0 Å². The van der Waals surface area contributed by atoms with Gasteiger partial charge in [0.05, 0.1) is 0 Å². The van der Waals surface area contributed by atoms with Crippen molar-refractivity contribution in [2.75, 3.05) is 29.9 Å². The molecule has 18 heavy (non-hydrogen) atoms. The van der Waals surface area contributed by atoms with Gasteiger partial charge in [0, 0.05) is 25.2 Å². The quantitative estimate of drug-likeness (QED) is 0.769. The monoisotopic (exact) mass is 250 g/mol. The van der Waals surface area contributed by atoms with Gasteiger partial charge in [0.2, 0.25) is 0 Å². The van der Waals surface area contributed by atoms with Crippen molar-refractivity contribution in [1.82, 2.24) is 9.97 Å². The molecule has 1 aromatic heterocycles. The predicted octanol–water partition coefficient (Wildman–Crippen LogP) is 3.10. The van der Waals surface area contributed by atoms with Crippen LogP contribution >= 0.6 is 0 Å². The summed E-state index contributed by atoms with van der Waals surface area (Å²) in [6.45, 7) is 11.7. The van der Waals surface area contributed by atoms with E-state index in [0.717, 1.165) is 50.5 Å². The molecule has 0 saturated carbocycles. The SMILES string of the molecule is CCCNc1ncnc(N(CC)CCC)c1CC. The van der Waals surface area contributed by atoms with Crippen molar-refractivity contribution in [3.05, 3.63) is 11.9 Å². The van der Waals surface area contributed by atoms with Gasteiger partial charge in [-0.2, -0.15) is 0 Å². The number of anilines is 2. The van der Waals surface area contributed by atoms with Gasteiger partial charge in [0.1, 0.15) is 18.0 Å². The Morgan fingerprint density at radius 3 is 2.44 bits per heavy atom. The number of aromatic nitrogens is 2. The minimum Gasteiger partial charge on any atom is -0.370 e. The van der Waals surface area contributed by atoms with E-state index in [1.54, 1.807) is 6.33 Å². The number of rotatable bonds is 8. The molecule has 0 saturated heterocycles. The first-order valence-electron chi connectivity index (χ1n) is 7.11. The third-order valence-corrected chi connectivity index (χ3v) is 2.99. The van der Waals surface area contributed by atoms with Gasteiger partial charge >= 0.3 is 0 Å². The molecule has 0 spiro atoms. The summed E-state index contributed by atoms with van der Waals surface area (Å²) < 4.78 is 0. The van der Waals surface area contributed by atoms with Crippen LogP contribution in [0.4, 0.5) is 11.6 Å². The van der Waals surface area contributed by atoms with Crippen LogP contribution < -0.4 is 10.2 Å². The third kappa shape index (κ3) is 3.59. The van der Waals surface area contributed by atoms with Gasteiger partial charge in [0.25, 0.3) is 0 Å². The molecule has 102 valence electrons. The second-order valence-electron chi connectivity index (χ2n) is 4.38. The lowest BCUT2D eigenvalue weighted by molar-refractivity contribution is 0.768. The molecule has 0 aliphatic heterocycles. The molecule has 4 nitrogen and oxygen atoms in total. The zero-order chi connectivity index (χ0) is 13.4. The van der Waals surface area contributed by atoms with Gasteiger partial charge in [0.15, 0.2) is 0 Å². The predicted molar refractivity (Wildman–Crippen MR) is 78.4 cm³/mol. The van der Waals surface area contributed by atoms with Crippen LogP contribution in [0.15, 0.2) is 6.33 Å². The molecule has 0 fully saturated rings. The molecular weight excluding hydrogens is 224 g/mol. The molecule has 0 aromatic carbocycles. The molecule has 0 bridgehead atoms. The lowest BCUT2D eigenvalue weighted by Gasteiger charge is -2.24. The van der Waals surface area contributed by atoms with E-state index < -0.39 is 0 Å². The highest BCUT2D eigenvalue weighted by Crippen LogP contribution is 2.24. The van der Waals surface area contributed by atoms with Crippen molar-refractivity contribution in [1.29, 1.82) is 0 Å². The number of nitrogens with one attached hydrogen (secondary N) is 1. The molecule has 0 unspecified atom stereocenters. The summed E-state index contributed by atoms with van der Waals surface area (Å²) in [5.74, 6) is 2.09. The average Bonchev–Trinajstić information content (AvgIpc) is 2.42. The minimum atomic E-state index is 0.961. The Labute approximate surface area is 111 Å². The third-order valence-electron chi connectivity index (χ3n) is 2.99. The molecule has 0 amide bonds. The van der Waals surface area contributed by atoms with Gasteiger partial charge < -0.3 is 10.2 Å². The largest absolute Gasteiger partial charge is 0.370 e. The van der Waals surface area contributed by atoms with Crippen LogP contribution in [0.5, 0.6) is 0 Å². The van der Waals surface area contributed by atoms with Crippen LogP contribution in [0.2, 0.25) is 0 Å². The summed E-state index contributed by atoms with van der Waals surface area (Å²) in [5, 5.41) is 3.40. The van der Waals surface area contributed by atoms with Gasteiger partial charge in [-0.25, -0.2) is 9.97 Å². The molecule has 0 aliphatic rings. The fraction of sp³-hybridized carbons (Fsp3) is 0.714. The lowest BCUT2D eigenvalue weighted by atomic mass is 10.2. The molecule has 4 heteroatoms. The van der Waals surface area contributed by atoms with E-state index in [4.69, 9.17) is 0 Å². The van der Waals surface area contributed by atoms with Crippen molar-refractivity contribution in [3.8, 4) is 0 Å². The van der Waals surface area contributed by atoms with E-state index in [-0.39, 0.29) is 0 Å². The Kier molecular flexibility index (Phi) is 6.47. The van der Waals surface area contributed by atoms with E-state index in [0.29, 0.717) is 0 Å². The van der Waals surface area contributed by atoms with E-state index in [1.165, 1.54) is 5.56 Å². The zero-order valence-corrected chi connectivity index (χ0v) is 12.2. The Morgan fingerprint density at radius 1 is 1.11 bits per heavy atom. The first-order chi connectivity index (χ1) is 8.78. The summed E-state index contributed by atoms with van der Waals surface area (Å²) in [6, 6.07) is 0. The fourth-order valence-electron chi connectivity index (χ4n) is 2.08. The van der Waals surface area contributed by atoms with Crippen molar-refractivity contribution in [2.24, 2.45) is 0 Å². The van der Waals surface area contributed by atoms with Gasteiger partial charge in [-0.1, -0.05) is 20.8 Å². The average molecular weight is 250 g/mol. The van der Waals surface area contributed by atoms with Crippen LogP contribution in [-0.2, 0) is 6.42 Å². The smallest absolute Gasteiger partial charge is 0.137 e. The highest BCUT2D eigenvalue weighted by atomic mass is 15.2. The molecule has 0 aliphatic carbocycles. The van der Waals surface area contributed by atoms with Crippen LogP contribution in [0.25, 0.3) is 0 Å². The first-order valence-corrected chi connectivity index (χ1v) is 7.11. The highest BCUT2D eigenvalue weighted by molar-refractivity contribution is 5.58. The van der Waals surface area contributed by atoms with E-state index in [9.17, 15) is 0 Å². The molecule has 1 rings (SSSR count). The highest BCUT2D eigenvalue weighted by Gasteiger charge is 2.14. The lowest BCUT2D eigenvalue weighted by Crippen LogP contribution is -2.26. The van der Waals surface area contributed by atoms with Crippen LogP contribution in [0.1, 0.15) is 46.1 Å². The van der Waals surface area contributed by atoms with Crippen molar-refractivity contribution in [3.63, 3.8) is 0 Å². The Morgan fingerprint density at radius 2 is 1.89 bits per heavy atom. The molecule has 0 atom stereocenters. The second kappa shape index (κ2) is 7.90. The molecular formula is C14H26N4. The molecule has 0 radical (unpaired) electrons. The number of nitrogens with zero attached hydrogens (tertiary/aromatic N) is 3. The maximum Gasteiger partial charge on any atom is 0.137 e. The number of hydrogen-bond donors (Lipinski definition) is 1. The van der Waals surface area contributed by atoms with Crippen molar-refractivity contribution >= 4 is 11.6 Å². The van der Waals surface area contributed by atoms with Crippen molar-refractivity contribution in [2.45, 2.75) is 47.0 Å². The van der Waals surface area contributed by atoms with E-state index in [2.05, 4.69) is 47.9 Å². The number of hydrogen-bond acceptors (Lipinski definition) is 4. The van der Waals surface area contributed by atoms with E-state index in [1.807, 2.05) is 0 Å². The van der Waals surface area contributed by atoms with Crippen molar-refractivity contribution < 1.29 is 0 Å². The Balaban J connectivity index is 3.02. The normalized spacial score (nSPS) is 10.4. The van der Waals surface area contributed by atoms with Gasteiger partial charge in [-0.3, -0.25) is 0 Å². The summed E-state index contributed by atoms with van der Waals surface area (Å²) in [4.78, 5) is 11.2.